The summed E-state index contributed by atoms with van der Waals surface area (Å²) in [4.78, 5) is 23.3. The van der Waals surface area contributed by atoms with E-state index in [1.807, 2.05) is 18.2 Å². The molecule has 5 nitrogen and oxygen atoms in total. The van der Waals surface area contributed by atoms with Crippen LogP contribution in [0.4, 0.5) is 0 Å². The van der Waals surface area contributed by atoms with Crippen molar-refractivity contribution in [1.29, 1.82) is 0 Å². The Balaban J connectivity index is 1.88. The van der Waals surface area contributed by atoms with Crippen LogP contribution in [0.25, 0.3) is 11.1 Å². The van der Waals surface area contributed by atoms with E-state index in [1.54, 1.807) is 24.3 Å². The normalized spacial score (nSPS) is 14.8. The first-order valence-corrected chi connectivity index (χ1v) is 7.37. The molecule has 1 amide bonds. The van der Waals surface area contributed by atoms with E-state index in [-0.39, 0.29) is 18.2 Å². The Bertz CT molecular complexity index is 784. The van der Waals surface area contributed by atoms with E-state index in [0.29, 0.717) is 16.7 Å². The van der Waals surface area contributed by atoms with E-state index in [2.05, 4.69) is 5.32 Å². The summed E-state index contributed by atoms with van der Waals surface area (Å²) in [5, 5.41) is 22.6. The van der Waals surface area contributed by atoms with Crippen LogP contribution in [0, 0.1) is 0 Å². The topological polar surface area (TPSA) is 86.6 Å². The molecular formula is C18H17NO4. The van der Waals surface area contributed by atoms with Crippen molar-refractivity contribution in [2.75, 3.05) is 6.54 Å². The van der Waals surface area contributed by atoms with Gasteiger partial charge in [0.05, 0.1) is 0 Å². The lowest BCUT2D eigenvalue weighted by atomic mass is 9.98. The number of nitrogens with one attached hydrogen (secondary N) is 1. The minimum absolute atomic E-state index is 0.0538. The van der Waals surface area contributed by atoms with Gasteiger partial charge >= 0.3 is 0 Å². The van der Waals surface area contributed by atoms with E-state index in [0.717, 1.165) is 11.1 Å². The van der Waals surface area contributed by atoms with Crippen molar-refractivity contribution in [3.8, 4) is 11.1 Å². The molecule has 0 aromatic heterocycles. The number of aliphatic hydroxyl groups is 2. The Morgan fingerprint density at radius 1 is 1.04 bits per heavy atom. The summed E-state index contributed by atoms with van der Waals surface area (Å²) in [5.41, 5.74) is 3.33. The number of fused-ring (bicyclic) bond motifs is 3. The first-order chi connectivity index (χ1) is 11.0. The van der Waals surface area contributed by atoms with Crippen molar-refractivity contribution < 1.29 is 19.8 Å². The Hall–Kier alpha value is -2.50. The zero-order valence-corrected chi connectivity index (χ0v) is 12.6. The summed E-state index contributed by atoms with van der Waals surface area (Å²) in [7, 11) is 0. The maximum atomic E-state index is 12.4. The van der Waals surface area contributed by atoms with Crippen LogP contribution in [0.5, 0.6) is 0 Å². The van der Waals surface area contributed by atoms with Crippen molar-refractivity contribution in [2.24, 2.45) is 0 Å². The zero-order valence-electron chi connectivity index (χ0n) is 12.6. The highest BCUT2D eigenvalue weighted by Gasteiger charge is 2.28. The first kappa shape index (κ1) is 15.4. The fourth-order valence-electron chi connectivity index (χ4n) is 2.81. The molecule has 0 radical (unpaired) electrons. The van der Waals surface area contributed by atoms with E-state index in [4.69, 9.17) is 0 Å². The minimum Gasteiger partial charge on any atom is -0.388 e. The van der Waals surface area contributed by atoms with Gasteiger partial charge in [-0.05, 0) is 22.8 Å². The van der Waals surface area contributed by atoms with Crippen LogP contribution in [0.2, 0.25) is 0 Å². The summed E-state index contributed by atoms with van der Waals surface area (Å²) >= 11 is 0. The lowest BCUT2D eigenvalue weighted by Crippen LogP contribution is -2.34. The molecule has 2 unspecified atom stereocenters. The molecular weight excluding hydrogens is 294 g/mol. The zero-order chi connectivity index (χ0) is 16.6. The summed E-state index contributed by atoms with van der Waals surface area (Å²) in [6, 6.07) is 12.4. The van der Waals surface area contributed by atoms with Crippen LogP contribution in [-0.2, 0) is 4.79 Å². The third-order valence-electron chi connectivity index (χ3n) is 4.02. The monoisotopic (exact) mass is 311 g/mol. The van der Waals surface area contributed by atoms with Crippen molar-refractivity contribution in [1.82, 2.24) is 5.32 Å². The van der Waals surface area contributed by atoms with Crippen LogP contribution < -0.4 is 5.32 Å². The van der Waals surface area contributed by atoms with Gasteiger partial charge in [-0.3, -0.25) is 9.59 Å². The largest absolute Gasteiger partial charge is 0.388 e. The number of hydrogen-bond acceptors (Lipinski definition) is 4. The van der Waals surface area contributed by atoms with Gasteiger partial charge in [0.15, 0.2) is 5.78 Å². The van der Waals surface area contributed by atoms with Gasteiger partial charge in [0.25, 0.3) is 0 Å². The molecule has 0 heterocycles. The van der Waals surface area contributed by atoms with Crippen molar-refractivity contribution in [3.05, 3.63) is 59.2 Å². The van der Waals surface area contributed by atoms with Gasteiger partial charge < -0.3 is 15.5 Å². The molecule has 3 rings (SSSR count). The average molecular weight is 311 g/mol. The van der Waals surface area contributed by atoms with Crippen LogP contribution in [0.3, 0.4) is 0 Å². The van der Waals surface area contributed by atoms with Crippen molar-refractivity contribution in [2.45, 2.75) is 19.1 Å². The van der Waals surface area contributed by atoms with Gasteiger partial charge in [-0.1, -0.05) is 36.4 Å². The summed E-state index contributed by atoms with van der Waals surface area (Å²) < 4.78 is 0. The Morgan fingerprint density at radius 2 is 1.70 bits per heavy atom. The molecule has 2 aromatic rings. The van der Waals surface area contributed by atoms with E-state index in [1.165, 1.54) is 6.92 Å². The maximum Gasteiger partial charge on any atom is 0.216 e. The molecule has 23 heavy (non-hydrogen) atoms. The van der Waals surface area contributed by atoms with Crippen LogP contribution in [-0.4, -0.2) is 34.6 Å². The number of rotatable bonds is 4. The molecule has 0 saturated heterocycles. The fourth-order valence-corrected chi connectivity index (χ4v) is 2.81. The number of amides is 1. The molecule has 3 N–H and O–H groups in total. The van der Waals surface area contributed by atoms with Crippen molar-refractivity contribution in [3.63, 3.8) is 0 Å². The summed E-state index contributed by atoms with van der Waals surface area (Å²) in [6.07, 6.45) is -2.32. The quantitative estimate of drug-likeness (QED) is 0.680. The standard InChI is InChI=1S/C18H17NO4/c1-10(20)19-9-16(21)17(22)11-6-7-13-12-4-2-3-5-14(12)18(23)15(13)8-11/h2-8,16-17,21-22H,9H2,1H3,(H,19,20). The molecule has 118 valence electrons. The fraction of sp³-hybridized carbons (Fsp3) is 0.222. The van der Waals surface area contributed by atoms with Gasteiger partial charge in [-0.25, -0.2) is 0 Å². The number of carbonyl (C=O) groups is 2. The molecule has 0 fully saturated rings. The molecule has 0 aliphatic heterocycles. The minimum atomic E-state index is -1.18. The number of hydrogen-bond donors (Lipinski definition) is 3. The predicted octanol–water partition coefficient (Wildman–Crippen LogP) is 1.43. The number of benzene rings is 2. The molecule has 2 aromatic carbocycles. The highest BCUT2D eigenvalue weighted by Crippen LogP contribution is 2.37. The predicted molar refractivity (Wildman–Crippen MR) is 85.0 cm³/mol. The summed E-state index contributed by atoms with van der Waals surface area (Å²) in [6.45, 7) is 1.28. The lowest BCUT2D eigenvalue weighted by Gasteiger charge is -2.19. The SMILES string of the molecule is CC(=O)NCC(O)C(O)c1ccc2c(c1)C(=O)c1ccccc1-2. The van der Waals surface area contributed by atoms with Gasteiger partial charge in [0.2, 0.25) is 5.91 Å². The maximum absolute atomic E-state index is 12.4. The van der Waals surface area contributed by atoms with Gasteiger partial charge in [0.1, 0.15) is 12.2 Å². The Kier molecular flexibility index (Phi) is 3.98. The molecule has 0 spiro atoms. The third-order valence-corrected chi connectivity index (χ3v) is 4.02. The molecule has 1 aliphatic carbocycles. The van der Waals surface area contributed by atoms with E-state index in [9.17, 15) is 19.8 Å². The smallest absolute Gasteiger partial charge is 0.216 e. The molecule has 0 saturated carbocycles. The molecule has 0 bridgehead atoms. The third kappa shape index (κ3) is 2.76. The van der Waals surface area contributed by atoms with Crippen molar-refractivity contribution >= 4 is 11.7 Å². The number of aliphatic hydroxyl groups excluding tert-OH is 2. The number of ketones is 1. The highest BCUT2D eigenvalue weighted by atomic mass is 16.3. The lowest BCUT2D eigenvalue weighted by molar-refractivity contribution is -0.119. The molecule has 5 heteroatoms. The van der Waals surface area contributed by atoms with Crippen LogP contribution >= 0.6 is 0 Å². The molecule has 2 atom stereocenters. The second-order valence-electron chi connectivity index (χ2n) is 5.63. The van der Waals surface area contributed by atoms with Gasteiger partial charge in [-0.15, -0.1) is 0 Å². The highest BCUT2D eigenvalue weighted by molar-refractivity contribution is 6.21. The van der Waals surface area contributed by atoms with Crippen LogP contribution in [0.1, 0.15) is 34.5 Å². The second-order valence-corrected chi connectivity index (χ2v) is 5.63. The molecule has 1 aliphatic rings. The number of carbonyl (C=O) groups excluding carboxylic acids is 2. The van der Waals surface area contributed by atoms with Gasteiger partial charge in [-0.2, -0.15) is 0 Å². The Labute approximate surface area is 133 Å². The average Bonchev–Trinajstić information content (AvgIpc) is 2.85. The first-order valence-electron chi connectivity index (χ1n) is 7.37. The summed E-state index contributed by atoms with van der Waals surface area (Å²) in [5.74, 6) is -0.364. The van der Waals surface area contributed by atoms with E-state index < -0.39 is 12.2 Å². The van der Waals surface area contributed by atoms with Crippen LogP contribution in [0.15, 0.2) is 42.5 Å². The van der Waals surface area contributed by atoms with Gasteiger partial charge in [0, 0.05) is 24.6 Å². The second kappa shape index (κ2) is 5.95. The Morgan fingerprint density at radius 3 is 2.39 bits per heavy atom. The van der Waals surface area contributed by atoms with E-state index >= 15 is 0 Å².